The van der Waals surface area contributed by atoms with Crippen LogP contribution in [0.1, 0.15) is 35.2 Å². The molecule has 1 saturated heterocycles. The fourth-order valence-electron chi connectivity index (χ4n) is 3.63. The molecule has 1 aromatic heterocycles. The molecule has 0 spiro atoms. The number of hydrogen-bond donors (Lipinski definition) is 1. The molecule has 1 aliphatic rings. The summed E-state index contributed by atoms with van der Waals surface area (Å²) in [7, 11) is 0. The number of nitrogens with zero attached hydrogens (tertiary/aromatic N) is 2. The van der Waals surface area contributed by atoms with Crippen LogP contribution in [0.15, 0.2) is 51.7 Å². The average Bonchev–Trinajstić information content (AvgIpc) is 3.07. The molecule has 2 heterocycles. The van der Waals surface area contributed by atoms with Crippen molar-refractivity contribution in [3.63, 3.8) is 0 Å². The van der Waals surface area contributed by atoms with Gasteiger partial charge in [0.1, 0.15) is 12.4 Å². The van der Waals surface area contributed by atoms with E-state index in [1.807, 2.05) is 4.90 Å². The van der Waals surface area contributed by atoms with Gasteiger partial charge in [-0.05, 0) is 55.2 Å². The monoisotopic (exact) mass is 411 g/mol. The highest BCUT2D eigenvalue weighted by molar-refractivity contribution is 5.97. The van der Waals surface area contributed by atoms with Gasteiger partial charge in [0.05, 0.1) is 5.52 Å². The van der Waals surface area contributed by atoms with E-state index in [9.17, 15) is 18.8 Å². The predicted molar refractivity (Wildman–Crippen MR) is 108 cm³/mol. The molecular formula is C22H22FN3O4. The van der Waals surface area contributed by atoms with Crippen molar-refractivity contribution in [1.82, 2.24) is 14.8 Å². The highest BCUT2D eigenvalue weighted by atomic mass is 19.1. The minimum Gasteiger partial charge on any atom is -0.408 e. The molecule has 7 nitrogen and oxygen atoms in total. The molecule has 0 saturated carbocycles. The Morgan fingerprint density at radius 1 is 1.03 bits per heavy atom. The van der Waals surface area contributed by atoms with Crippen LogP contribution < -0.4 is 11.1 Å². The number of aromatic nitrogens is 1. The molecule has 0 bridgehead atoms. The van der Waals surface area contributed by atoms with Crippen LogP contribution in [0.4, 0.5) is 4.39 Å². The lowest BCUT2D eigenvalue weighted by atomic mass is 10.1. The van der Waals surface area contributed by atoms with Gasteiger partial charge in [-0.1, -0.05) is 12.1 Å². The molecule has 156 valence electrons. The van der Waals surface area contributed by atoms with Crippen LogP contribution in [-0.2, 0) is 17.9 Å². The van der Waals surface area contributed by atoms with Crippen LogP contribution in [0.25, 0.3) is 11.1 Å². The summed E-state index contributed by atoms with van der Waals surface area (Å²) in [5.41, 5.74) is 1.93. The van der Waals surface area contributed by atoms with Gasteiger partial charge in [-0.15, -0.1) is 0 Å². The topological polar surface area (TPSA) is 84.5 Å². The number of hydrogen-bond acceptors (Lipinski definition) is 4. The maximum Gasteiger partial charge on any atom is 0.420 e. The third-order valence-electron chi connectivity index (χ3n) is 5.26. The van der Waals surface area contributed by atoms with Crippen molar-refractivity contribution in [3.8, 4) is 0 Å². The minimum absolute atomic E-state index is 0.0856. The fraction of sp³-hybridized carbons (Fsp3) is 0.318. The summed E-state index contributed by atoms with van der Waals surface area (Å²) < 4.78 is 19.4. The second kappa shape index (κ2) is 8.52. The first-order valence-corrected chi connectivity index (χ1v) is 9.95. The standard InChI is InChI=1S/C22H22FN3O4/c23-17-7-4-15(5-8-17)13-24-20(27)14-26-18-12-16(6-9-19(18)30-22(26)29)21(28)25-10-2-1-3-11-25/h4-9,12H,1-3,10-11,13-14H2,(H,24,27). The van der Waals surface area contributed by atoms with E-state index in [1.54, 1.807) is 30.3 Å². The zero-order chi connectivity index (χ0) is 21.1. The van der Waals surface area contributed by atoms with E-state index in [-0.39, 0.29) is 24.8 Å². The summed E-state index contributed by atoms with van der Waals surface area (Å²) in [6, 6.07) is 10.6. The number of likely N-dealkylation sites (tertiary alicyclic amines) is 1. The molecule has 0 radical (unpaired) electrons. The smallest absolute Gasteiger partial charge is 0.408 e. The largest absolute Gasteiger partial charge is 0.420 e. The number of oxazole rings is 1. The Kier molecular flexibility index (Phi) is 5.65. The Labute approximate surface area is 172 Å². The maximum absolute atomic E-state index is 13.0. The second-order valence-corrected chi connectivity index (χ2v) is 7.39. The number of amides is 2. The first-order chi connectivity index (χ1) is 14.5. The molecule has 8 heteroatoms. The first kappa shape index (κ1) is 19.9. The van der Waals surface area contributed by atoms with Crippen molar-refractivity contribution in [3.05, 3.63) is 70.0 Å². The summed E-state index contributed by atoms with van der Waals surface area (Å²) in [6.45, 7) is 1.42. The SMILES string of the molecule is O=C(Cn1c(=O)oc2ccc(C(=O)N3CCCCC3)cc21)NCc1ccc(F)cc1. The molecule has 3 aromatic rings. The number of carbonyl (C=O) groups is 2. The van der Waals surface area contributed by atoms with Gasteiger partial charge in [0.15, 0.2) is 5.58 Å². The Morgan fingerprint density at radius 3 is 2.50 bits per heavy atom. The molecule has 2 amide bonds. The number of halogens is 1. The van der Waals surface area contributed by atoms with Crippen LogP contribution in [0.2, 0.25) is 0 Å². The Bertz CT molecular complexity index is 1130. The Morgan fingerprint density at radius 2 is 1.77 bits per heavy atom. The van der Waals surface area contributed by atoms with Crippen molar-refractivity contribution >= 4 is 22.9 Å². The summed E-state index contributed by atoms with van der Waals surface area (Å²) in [6.07, 6.45) is 3.09. The van der Waals surface area contributed by atoms with Gasteiger partial charge in [0.2, 0.25) is 5.91 Å². The van der Waals surface area contributed by atoms with Crippen molar-refractivity contribution in [2.24, 2.45) is 0 Å². The Hall–Kier alpha value is -3.42. The van der Waals surface area contributed by atoms with Gasteiger partial charge in [0.25, 0.3) is 5.91 Å². The molecule has 1 aliphatic heterocycles. The van der Waals surface area contributed by atoms with Crippen molar-refractivity contribution in [1.29, 1.82) is 0 Å². The lowest BCUT2D eigenvalue weighted by Crippen LogP contribution is -2.35. The molecule has 1 fully saturated rings. The highest BCUT2D eigenvalue weighted by Crippen LogP contribution is 2.18. The van der Waals surface area contributed by atoms with Crippen LogP contribution >= 0.6 is 0 Å². The molecular weight excluding hydrogens is 389 g/mol. The van der Waals surface area contributed by atoms with Gasteiger partial charge in [-0.3, -0.25) is 14.2 Å². The normalized spacial score (nSPS) is 14.1. The highest BCUT2D eigenvalue weighted by Gasteiger charge is 2.20. The van der Waals surface area contributed by atoms with Crippen LogP contribution in [0.3, 0.4) is 0 Å². The molecule has 0 unspecified atom stereocenters. The third kappa shape index (κ3) is 4.27. The van der Waals surface area contributed by atoms with Crippen molar-refractivity contribution < 1.29 is 18.4 Å². The zero-order valence-electron chi connectivity index (χ0n) is 16.4. The van der Waals surface area contributed by atoms with Gasteiger partial charge in [-0.2, -0.15) is 0 Å². The lowest BCUT2D eigenvalue weighted by Gasteiger charge is -2.26. The summed E-state index contributed by atoms with van der Waals surface area (Å²) in [5.74, 6) is -1.49. The summed E-state index contributed by atoms with van der Waals surface area (Å²) in [4.78, 5) is 39.2. The zero-order valence-corrected chi connectivity index (χ0v) is 16.4. The Balaban J connectivity index is 1.50. The van der Waals surface area contributed by atoms with Crippen LogP contribution in [0, 0.1) is 5.82 Å². The molecule has 0 aliphatic carbocycles. The number of nitrogens with one attached hydrogen (secondary N) is 1. The van der Waals surface area contributed by atoms with Crippen molar-refractivity contribution in [2.75, 3.05) is 13.1 Å². The third-order valence-corrected chi connectivity index (χ3v) is 5.26. The summed E-state index contributed by atoms with van der Waals surface area (Å²) >= 11 is 0. The van der Waals surface area contributed by atoms with E-state index in [4.69, 9.17) is 4.42 Å². The van der Waals surface area contributed by atoms with E-state index < -0.39 is 11.7 Å². The van der Waals surface area contributed by atoms with E-state index >= 15 is 0 Å². The molecule has 4 rings (SSSR count). The second-order valence-electron chi connectivity index (χ2n) is 7.39. The number of benzene rings is 2. The van der Waals surface area contributed by atoms with Gasteiger partial charge in [0, 0.05) is 25.2 Å². The summed E-state index contributed by atoms with van der Waals surface area (Å²) in [5, 5.41) is 2.70. The van der Waals surface area contributed by atoms with Crippen LogP contribution in [-0.4, -0.2) is 34.4 Å². The quantitative estimate of drug-likeness (QED) is 0.700. The first-order valence-electron chi connectivity index (χ1n) is 9.95. The van der Waals surface area contributed by atoms with Gasteiger partial charge < -0.3 is 14.6 Å². The van der Waals surface area contributed by atoms with Crippen molar-refractivity contribution in [2.45, 2.75) is 32.4 Å². The average molecular weight is 411 g/mol. The maximum atomic E-state index is 13.0. The van der Waals surface area contributed by atoms with E-state index in [0.717, 1.165) is 37.9 Å². The van der Waals surface area contributed by atoms with Gasteiger partial charge >= 0.3 is 5.76 Å². The minimum atomic E-state index is -0.662. The number of fused-ring (bicyclic) bond motifs is 1. The number of piperidine rings is 1. The molecule has 1 N–H and O–H groups in total. The molecule has 2 aromatic carbocycles. The number of carbonyl (C=O) groups excluding carboxylic acids is 2. The fourth-order valence-corrected chi connectivity index (χ4v) is 3.63. The number of rotatable bonds is 5. The predicted octanol–water partition coefficient (Wildman–Crippen LogP) is 2.68. The van der Waals surface area contributed by atoms with E-state index in [0.29, 0.717) is 16.7 Å². The van der Waals surface area contributed by atoms with Crippen LogP contribution in [0.5, 0.6) is 0 Å². The lowest BCUT2D eigenvalue weighted by molar-refractivity contribution is -0.121. The molecule has 30 heavy (non-hydrogen) atoms. The van der Waals surface area contributed by atoms with E-state index in [2.05, 4.69) is 5.32 Å². The molecule has 0 atom stereocenters. The van der Waals surface area contributed by atoms with Gasteiger partial charge in [-0.25, -0.2) is 9.18 Å². The van der Waals surface area contributed by atoms with E-state index in [1.165, 1.54) is 16.7 Å².